The molecule has 0 saturated carbocycles. The Morgan fingerprint density at radius 3 is 2.68 bits per heavy atom. The number of carbonyl (C=O) groups is 1. The van der Waals surface area contributed by atoms with E-state index >= 15 is 0 Å². The summed E-state index contributed by atoms with van der Waals surface area (Å²) in [7, 11) is 1.47. The molecule has 19 heavy (non-hydrogen) atoms. The Morgan fingerprint density at radius 2 is 2.16 bits per heavy atom. The van der Waals surface area contributed by atoms with E-state index in [1.54, 1.807) is 6.07 Å². The topological polar surface area (TPSA) is 62.7 Å². The molecule has 3 aliphatic heterocycles. The Hall–Kier alpha value is -1.62. The second-order valence-electron chi connectivity index (χ2n) is 5.34. The summed E-state index contributed by atoms with van der Waals surface area (Å²) in [4.78, 5) is 18.0. The van der Waals surface area contributed by atoms with E-state index in [0.717, 1.165) is 12.2 Å². The number of hydrogen-bond acceptors (Lipinski definition) is 4. The molecule has 0 aliphatic carbocycles. The van der Waals surface area contributed by atoms with Gasteiger partial charge in [-0.3, -0.25) is 0 Å². The van der Waals surface area contributed by atoms with Gasteiger partial charge >= 0.3 is 5.97 Å². The van der Waals surface area contributed by atoms with Gasteiger partial charge in [0, 0.05) is 18.2 Å². The third-order valence-corrected chi connectivity index (χ3v) is 4.34. The number of nitrogens with zero attached hydrogens (tertiary/aromatic N) is 2. The van der Waals surface area contributed by atoms with Crippen LogP contribution in [0, 0.1) is 5.92 Å². The van der Waals surface area contributed by atoms with Crippen LogP contribution in [-0.4, -0.2) is 47.7 Å². The first kappa shape index (κ1) is 12.4. The number of carboxylic acids is 1. The van der Waals surface area contributed by atoms with Gasteiger partial charge in [-0.25, -0.2) is 9.78 Å². The second-order valence-corrected chi connectivity index (χ2v) is 5.34. The van der Waals surface area contributed by atoms with Crippen LogP contribution in [-0.2, 0) is 0 Å². The van der Waals surface area contributed by atoms with Gasteiger partial charge < -0.3 is 14.7 Å². The van der Waals surface area contributed by atoms with Crippen molar-refractivity contribution in [1.82, 2.24) is 9.88 Å². The van der Waals surface area contributed by atoms with Gasteiger partial charge in [-0.2, -0.15) is 0 Å². The molecule has 1 unspecified atom stereocenters. The first-order valence-corrected chi connectivity index (χ1v) is 6.69. The van der Waals surface area contributed by atoms with Crippen LogP contribution in [0.3, 0.4) is 0 Å². The molecular weight excluding hydrogens is 244 g/mol. The van der Waals surface area contributed by atoms with Crippen LogP contribution in [0.5, 0.6) is 5.88 Å². The Labute approximate surface area is 112 Å². The van der Waals surface area contributed by atoms with Crippen molar-refractivity contribution in [1.29, 1.82) is 0 Å². The van der Waals surface area contributed by atoms with E-state index in [-0.39, 0.29) is 11.4 Å². The molecule has 3 saturated heterocycles. The van der Waals surface area contributed by atoms with Crippen LogP contribution in [0.1, 0.15) is 34.8 Å². The third kappa shape index (κ3) is 2.18. The molecule has 5 heteroatoms. The number of piperidine rings is 3. The molecule has 1 N–H and O–H groups in total. The van der Waals surface area contributed by atoms with Crippen LogP contribution in [0.2, 0.25) is 0 Å². The second kappa shape index (κ2) is 4.81. The van der Waals surface area contributed by atoms with Gasteiger partial charge in [-0.15, -0.1) is 0 Å². The molecule has 5 nitrogen and oxygen atoms in total. The molecule has 0 spiro atoms. The van der Waals surface area contributed by atoms with Gasteiger partial charge in [0.2, 0.25) is 5.88 Å². The first-order chi connectivity index (χ1) is 9.19. The molecule has 0 amide bonds. The van der Waals surface area contributed by atoms with Crippen molar-refractivity contribution in [2.75, 3.05) is 26.7 Å². The minimum Gasteiger partial charge on any atom is -0.480 e. The van der Waals surface area contributed by atoms with Crippen molar-refractivity contribution in [3.05, 3.63) is 23.4 Å². The lowest BCUT2D eigenvalue weighted by Crippen LogP contribution is -2.46. The lowest BCUT2D eigenvalue weighted by atomic mass is 9.77. The molecule has 4 heterocycles. The monoisotopic (exact) mass is 262 g/mol. The number of pyridine rings is 1. The Bertz CT molecular complexity index is 495. The fraction of sp³-hybridized carbons (Fsp3) is 0.571. The number of fused-ring (bicyclic) bond motifs is 3. The maximum absolute atomic E-state index is 11.1. The number of aromatic carboxylic acids is 1. The number of rotatable bonds is 3. The molecule has 102 valence electrons. The molecular formula is C14H18N2O3. The lowest BCUT2D eigenvalue weighted by Gasteiger charge is -2.44. The minimum absolute atomic E-state index is 0.132. The summed E-state index contributed by atoms with van der Waals surface area (Å²) in [5, 5.41) is 9.07. The zero-order valence-electron chi connectivity index (χ0n) is 11.0. The van der Waals surface area contributed by atoms with E-state index in [9.17, 15) is 4.79 Å². The number of carboxylic acid groups (broad SMARTS) is 1. The van der Waals surface area contributed by atoms with Gasteiger partial charge in [0.15, 0.2) is 0 Å². The third-order valence-electron chi connectivity index (χ3n) is 4.34. The van der Waals surface area contributed by atoms with Crippen molar-refractivity contribution >= 4 is 5.97 Å². The van der Waals surface area contributed by atoms with E-state index < -0.39 is 5.97 Å². The van der Waals surface area contributed by atoms with Gasteiger partial charge in [-0.1, -0.05) is 0 Å². The maximum Gasteiger partial charge on any atom is 0.341 e. The molecule has 3 fully saturated rings. The number of ether oxygens (including phenoxy) is 1. The summed E-state index contributed by atoms with van der Waals surface area (Å²) in [6.07, 6.45) is 2.44. The van der Waals surface area contributed by atoms with E-state index in [4.69, 9.17) is 9.84 Å². The highest BCUT2D eigenvalue weighted by Crippen LogP contribution is 2.38. The van der Waals surface area contributed by atoms with Crippen LogP contribution in [0.4, 0.5) is 0 Å². The van der Waals surface area contributed by atoms with Gasteiger partial charge in [0.25, 0.3) is 0 Å². The molecule has 2 bridgehead atoms. The van der Waals surface area contributed by atoms with Gasteiger partial charge in [0.05, 0.1) is 7.11 Å². The first-order valence-electron chi connectivity index (χ1n) is 6.69. The van der Waals surface area contributed by atoms with E-state index in [2.05, 4.69) is 9.88 Å². The Kier molecular flexibility index (Phi) is 3.14. The standard InChI is InChI=1S/C14H18N2O3/c1-19-13-10(14(17)18)2-3-12(15-13)11-8-16-6-4-9(11)5-7-16/h2-3,9,11H,4-8H2,1H3,(H,17,18). The number of hydrogen-bond donors (Lipinski definition) is 1. The highest BCUT2D eigenvalue weighted by atomic mass is 16.5. The van der Waals surface area contributed by atoms with Gasteiger partial charge in [-0.05, 0) is 44.0 Å². The van der Waals surface area contributed by atoms with Crippen molar-refractivity contribution in [3.8, 4) is 5.88 Å². The summed E-state index contributed by atoms with van der Waals surface area (Å²) >= 11 is 0. The van der Waals surface area contributed by atoms with E-state index in [1.165, 1.54) is 33.0 Å². The average molecular weight is 262 g/mol. The predicted molar refractivity (Wildman–Crippen MR) is 69.7 cm³/mol. The van der Waals surface area contributed by atoms with Crippen molar-refractivity contribution < 1.29 is 14.6 Å². The number of aromatic nitrogens is 1. The molecule has 0 aromatic carbocycles. The molecule has 4 rings (SSSR count). The van der Waals surface area contributed by atoms with Crippen LogP contribution >= 0.6 is 0 Å². The fourth-order valence-electron chi connectivity index (χ4n) is 3.28. The zero-order valence-corrected chi connectivity index (χ0v) is 11.0. The van der Waals surface area contributed by atoms with Crippen LogP contribution < -0.4 is 4.74 Å². The zero-order chi connectivity index (χ0) is 13.4. The fourth-order valence-corrected chi connectivity index (χ4v) is 3.28. The molecule has 1 aromatic rings. The highest BCUT2D eigenvalue weighted by Gasteiger charge is 2.36. The number of methoxy groups -OCH3 is 1. The largest absolute Gasteiger partial charge is 0.480 e. The molecule has 0 radical (unpaired) electrons. The quantitative estimate of drug-likeness (QED) is 0.896. The Balaban J connectivity index is 1.91. The average Bonchev–Trinajstić information content (AvgIpc) is 2.47. The normalized spacial score (nSPS) is 29.2. The predicted octanol–water partition coefficient (Wildman–Crippen LogP) is 1.60. The Morgan fingerprint density at radius 1 is 1.42 bits per heavy atom. The summed E-state index contributed by atoms with van der Waals surface area (Å²) in [6, 6.07) is 3.46. The van der Waals surface area contributed by atoms with Crippen molar-refractivity contribution in [2.24, 2.45) is 5.92 Å². The van der Waals surface area contributed by atoms with E-state index in [0.29, 0.717) is 11.8 Å². The van der Waals surface area contributed by atoms with Gasteiger partial charge in [0.1, 0.15) is 5.56 Å². The summed E-state index contributed by atoms with van der Waals surface area (Å²) in [5.41, 5.74) is 1.10. The molecule has 1 atom stereocenters. The lowest BCUT2D eigenvalue weighted by molar-refractivity contribution is 0.0691. The van der Waals surface area contributed by atoms with Crippen LogP contribution in [0.15, 0.2) is 12.1 Å². The minimum atomic E-state index is -0.996. The summed E-state index contributed by atoms with van der Waals surface area (Å²) in [6.45, 7) is 3.41. The summed E-state index contributed by atoms with van der Waals surface area (Å²) in [5.74, 6) is 0.323. The highest BCUT2D eigenvalue weighted by molar-refractivity contribution is 5.90. The SMILES string of the molecule is COc1nc(C2CN3CCC2CC3)ccc1C(=O)O. The molecule has 3 aliphatic rings. The smallest absolute Gasteiger partial charge is 0.341 e. The summed E-state index contributed by atoms with van der Waals surface area (Å²) < 4.78 is 5.11. The maximum atomic E-state index is 11.1. The van der Waals surface area contributed by atoms with Crippen molar-refractivity contribution in [3.63, 3.8) is 0 Å². The van der Waals surface area contributed by atoms with Crippen molar-refractivity contribution in [2.45, 2.75) is 18.8 Å². The van der Waals surface area contributed by atoms with E-state index in [1.807, 2.05) is 6.07 Å². The van der Waals surface area contributed by atoms with Crippen LogP contribution in [0.25, 0.3) is 0 Å². The molecule has 1 aromatic heterocycles.